The molecular weight excluding hydrogens is 232 g/mol. The van der Waals surface area contributed by atoms with Gasteiger partial charge in [0.2, 0.25) is 0 Å². The topological polar surface area (TPSA) is 15.3 Å². The summed E-state index contributed by atoms with van der Waals surface area (Å²) in [6.07, 6.45) is 6.66. The van der Waals surface area contributed by atoms with Gasteiger partial charge >= 0.3 is 0 Å². The van der Waals surface area contributed by atoms with E-state index >= 15 is 0 Å². The molecule has 0 saturated carbocycles. The average Bonchev–Trinajstić information content (AvgIpc) is 2.64. The van der Waals surface area contributed by atoms with Crippen molar-refractivity contribution >= 4 is 5.69 Å². The van der Waals surface area contributed by atoms with Crippen molar-refractivity contribution in [2.75, 3.05) is 25.0 Å². The lowest BCUT2D eigenvalue weighted by Gasteiger charge is -2.22. The Morgan fingerprint density at radius 1 is 1.21 bits per heavy atom. The first-order chi connectivity index (χ1) is 9.31. The second-order valence-corrected chi connectivity index (χ2v) is 6.33. The highest BCUT2D eigenvalue weighted by Crippen LogP contribution is 2.24. The van der Waals surface area contributed by atoms with Gasteiger partial charge in [-0.05, 0) is 68.3 Å². The van der Waals surface area contributed by atoms with Crippen LogP contribution in [-0.2, 0) is 13.0 Å². The maximum absolute atomic E-state index is 3.50. The minimum absolute atomic E-state index is 0.915. The smallest absolute Gasteiger partial charge is 0.0372 e. The highest BCUT2D eigenvalue weighted by atomic mass is 15.1. The van der Waals surface area contributed by atoms with Crippen LogP contribution in [-0.4, -0.2) is 24.5 Å². The molecule has 0 radical (unpaired) electrons. The van der Waals surface area contributed by atoms with Crippen LogP contribution in [0, 0.1) is 5.92 Å². The number of fused-ring (bicyclic) bond motifs is 1. The zero-order valence-electron chi connectivity index (χ0n) is 12.1. The van der Waals surface area contributed by atoms with Crippen LogP contribution in [0.4, 0.5) is 5.69 Å². The van der Waals surface area contributed by atoms with E-state index < -0.39 is 0 Å². The molecule has 2 aliphatic rings. The van der Waals surface area contributed by atoms with Crippen LogP contribution in [0.5, 0.6) is 0 Å². The van der Waals surface area contributed by atoms with Crippen molar-refractivity contribution < 1.29 is 0 Å². The fraction of sp³-hybridized carbons (Fsp3) is 0.647. The Morgan fingerprint density at radius 3 is 3.11 bits per heavy atom. The van der Waals surface area contributed by atoms with Gasteiger partial charge < -0.3 is 5.32 Å². The molecule has 2 nitrogen and oxygen atoms in total. The van der Waals surface area contributed by atoms with Crippen LogP contribution in [0.25, 0.3) is 0 Å². The molecule has 2 aliphatic heterocycles. The molecule has 2 heteroatoms. The predicted octanol–water partition coefficient (Wildman–Crippen LogP) is 3.67. The summed E-state index contributed by atoms with van der Waals surface area (Å²) >= 11 is 0. The Balaban J connectivity index is 1.66. The molecule has 0 aliphatic carbocycles. The Hall–Kier alpha value is -1.02. The van der Waals surface area contributed by atoms with E-state index in [1.54, 1.807) is 0 Å². The van der Waals surface area contributed by atoms with Gasteiger partial charge in [-0.1, -0.05) is 19.1 Å². The van der Waals surface area contributed by atoms with Gasteiger partial charge in [-0.3, -0.25) is 4.90 Å². The van der Waals surface area contributed by atoms with Crippen molar-refractivity contribution in [2.45, 2.75) is 45.6 Å². The molecule has 2 heterocycles. The maximum atomic E-state index is 3.50. The average molecular weight is 258 g/mol. The second-order valence-electron chi connectivity index (χ2n) is 6.33. The summed E-state index contributed by atoms with van der Waals surface area (Å²) in [6, 6.07) is 7.02. The highest BCUT2D eigenvalue weighted by Gasteiger charge is 2.15. The van der Waals surface area contributed by atoms with E-state index in [-0.39, 0.29) is 0 Å². The Kier molecular flexibility index (Phi) is 4.07. The molecule has 0 bridgehead atoms. The number of anilines is 1. The first kappa shape index (κ1) is 13.0. The monoisotopic (exact) mass is 258 g/mol. The lowest BCUT2D eigenvalue weighted by Crippen LogP contribution is -2.24. The molecular formula is C17H26N2. The molecule has 0 amide bonds. The van der Waals surface area contributed by atoms with E-state index in [2.05, 4.69) is 35.3 Å². The van der Waals surface area contributed by atoms with E-state index in [0.717, 1.165) is 19.0 Å². The molecule has 19 heavy (non-hydrogen) atoms. The number of nitrogens with zero attached hydrogens (tertiary/aromatic N) is 1. The van der Waals surface area contributed by atoms with Crippen LogP contribution in [0.15, 0.2) is 18.2 Å². The molecule has 1 fully saturated rings. The van der Waals surface area contributed by atoms with Crippen LogP contribution in [0.2, 0.25) is 0 Å². The van der Waals surface area contributed by atoms with Gasteiger partial charge in [-0.2, -0.15) is 0 Å². The van der Waals surface area contributed by atoms with Gasteiger partial charge in [0.25, 0.3) is 0 Å². The molecule has 0 aromatic heterocycles. The van der Waals surface area contributed by atoms with Crippen molar-refractivity contribution in [1.29, 1.82) is 0 Å². The summed E-state index contributed by atoms with van der Waals surface area (Å²) in [7, 11) is 0. The van der Waals surface area contributed by atoms with Crippen molar-refractivity contribution in [3.63, 3.8) is 0 Å². The van der Waals surface area contributed by atoms with E-state index in [1.165, 1.54) is 62.0 Å². The Bertz CT molecular complexity index is 427. The van der Waals surface area contributed by atoms with Gasteiger partial charge in [0, 0.05) is 18.8 Å². The summed E-state index contributed by atoms with van der Waals surface area (Å²) in [4.78, 5) is 2.64. The van der Waals surface area contributed by atoms with Crippen molar-refractivity contribution in [2.24, 2.45) is 5.92 Å². The van der Waals surface area contributed by atoms with E-state index in [1.807, 2.05) is 0 Å². The standard InChI is InChI=1S/C17H26N2/c1-14-4-3-10-19(11-8-14)13-15-6-7-17-16(12-15)5-2-9-18-17/h6-7,12,14,18H,2-5,8-11,13H2,1H3. The zero-order valence-corrected chi connectivity index (χ0v) is 12.1. The van der Waals surface area contributed by atoms with E-state index in [4.69, 9.17) is 0 Å². The zero-order chi connectivity index (χ0) is 13.1. The first-order valence-electron chi connectivity index (χ1n) is 7.89. The number of nitrogens with one attached hydrogen (secondary N) is 1. The Morgan fingerprint density at radius 2 is 2.16 bits per heavy atom. The number of hydrogen-bond acceptors (Lipinski definition) is 2. The molecule has 1 N–H and O–H groups in total. The predicted molar refractivity (Wildman–Crippen MR) is 81.5 cm³/mol. The summed E-state index contributed by atoms with van der Waals surface area (Å²) < 4.78 is 0. The summed E-state index contributed by atoms with van der Waals surface area (Å²) in [5.41, 5.74) is 4.38. The van der Waals surface area contributed by atoms with Gasteiger partial charge in [0.1, 0.15) is 0 Å². The van der Waals surface area contributed by atoms with Gasteiger partial charge in [0.15, 0.2) is 0 Å². The molecule has 3 rings (SSSR count). The third kappa shape index (κ3) is 3.30. The normalized spacial score (nSPS) is 24.4. The largest absolute Gasteiger partial charge is 0.385 e. The number of likely N-dealkylation sites (tertiary alicyclic amines) is 1. The van der Waals surface area contributed by atoms with E-state index in [0.29, 0.717) is 0 Å². The molecule has 104 valence electrons. The minimum atomic E-state index is 0.915. The van der Waals surface area contributed by atoms with Crippen molar-refractivity contribution in [3.05, 3.63) is 29.3 Å². The maximum Gasteiger partial charge on any atom is 0.0372 e. The number of benzene rings is 1. The molecule has 1 unspecified atom stereocenters. The van der Waals surface area contributed by atoms with E-state index in [9.17, 15) is 0 Å². The summed E-state index contributed by atoms with van der Waals surface area (Å²) in [5.74, 6) is 0.915. The summed E-state index contributed by atoms with van der Waals surface area (Å²) in [6.45, 7) is 7.22. The third-order valence-corrected chi connectivity index (χ3v) is 4.62. The van der Waals surface area contributed by atoms with Gasteiger partial charge in [0.05, 0.1) is 0 Å². The molecule has 1 saturated heterocycles. The fourth-order valence-electron chi connectivity index (χ4n) is 3.37. The fourth-order valence-corrected chi connectivity index (χ4v) is 3.37. The number of aryl methyl sites for hydroxylation is 1. The van der Waals surface area contributed by atoms with Crippen molar-refractivity contribution in [1.82, 2.24) is 4.90 Å². The highest BCUT2D eigenvalue weighted by molar-refractivity contribution is 5.54. The minimum Gasteiger partial charge on any atom is -0.385 e. The quantitative estimate of drug-likeness (QED) is 0.871. The van der Waals surface area contributed by atoms with Crippen LogP contribution < -0.4 is 5.32 Å². The number of rotatable bonds is 2. The molecule has 1 aromatic carbocycles. The summed E-state index contributed by atoms with van der Waals surface area (Å²) in [5, 5.41) is 3.50. The Labute approximate surface area is 117 Å². The van der Waals surface area contributed by atoms with Gasteiger partial charge in [-0.15, -0.1) is 0 Å². The molecule has 0 spiro atoms. The second kappa shape index (κ2) is 5.96. The van der Waals surface area contributed by atoms with Crippen molar-refractivity contribution in [3.8, 4) is 0 Å². The third-order valence-electron chi connectivity index (χ3n) is 4.62. The lowest BCUT2D eigenvalue weighted by atomic mass is 10.0. The molecule has 1 atom stereocenters. The molecule has 1 aromatic rings. The van der Waals surface area contributed by atoms with Crippen LogP contribution >= 0.6 is 0 Å². The van der Waals surface area contributed by atoms with Gasteiger partial charge in [-0.25, -0.2) is 0 Å². The number of hydrogen-bond donors (Lipinski definition) is 1. The SMILES string of the molecule is CC1CCCN(Cc2ccc3c(c2)CCCN3)CC1. The first-order valence-corrected chi connectivity index (χ1v) is 7.89. The van der Waals surface area contributed by atoms with Crippen LogP contribution in [0.3, 0.4) is 0 Å². The van der Waals surface area contributed by atoms with Crippen LogP contribution in [0.1, 0.15) is 43.7 Å². The lowest BCUT2D eigenvalue weighted by molar-refractivity contribution is 0.273.